The molecule has 0 heterocycles. The molecule has 0 bridgehead atoms. The van der Waals surface area contributed by atoms with E-state index < -0.39 is 0 Å². The van der Waals surface area contributed by atoms with Crippen molar-refractivity contribution >= 4 is 23.4 Å². The van der Waals surface area contributed by atoms with E-state index in [4.69, 9.17) is 17.3 Å². The monoisotopic (exact) mass is 210 g/mol. The predicted octanol–water partition coefficient (Wildman–Crippen LogP) is 2.46. The highest BCUT2D eigenvalue weighted by Crippen LogP contribution is 2.24. The van der Waals surface area contributed by atoms with Gasteiger partial charge in [-0.2, -0.15) is 0 Å². The molecule has 0 unspecified atom stereocenters. The zero-order valence-electron chi connectivity index (χ0n) is 8.47. The van der Waals surface area contributed by atoms with Crippen molar-refractivity contribution in [3.05, 3.63) is 34.4 Å². The van der Waals surface area contributed by atoms with Crippen LogP contribution in [-0.2, 0) is 0 Å². The van der Waals surface area contributed by atoms with Crippen LogP contribution in [0.2, 0.25) is 5.02 Å². The SMILES string of the molecule is CNCC=Cc1cc(C)c(N)c(Cl)c1. The quantitative estimate of drug-likeness (QED) is 0.753. The normalized spacial score (nSPS) is 11.1. The van der Waals surface area contributed by atoms with Gasteiger partial charge in [0.15, 0.2) is 0 Å². The molecule has 1 rings (SSSR count). The van der Waals surface area contributed by atoms with E-state index in [9.17, 15) is 0 Å². The Labute approximate surface area is 89.8 Å². The molecule has 3 N–H and O–H groups in total. The summed E-state index contributed by atoms with van der Waals surface area (Å²) in [7, 11) is 1.91. The van der Waals surface area contributed by atoms with Crippen LogP contribution in [0.25, 0.3) is 6.08 Å². The summed E-state index contributed by atoms with van der Waals surface area (Å²) in [6.07, 6.45) is 4.07. The lowest BCUT2D eigenvalue weighted by molar-refractivity contribution is 0.922. The molecule has 0 aromatic heterocycles. The molecule has 0 saturated heterocycles. The lowest BCUT2D eigenvalue weighted by Crippen LogP contribution is -2.03. The second kappa shape index (κ2) is 5.03. The van der Waals surface area contributed by atoms with Gasteiger partial charge in [-0.15, -0.1) is 0 Å². The van der Waals surface area contributed by atoms with Gasteiger partial charge in [0.1, 0.15) is 0 Å². The van der Waals surface area contributed by atoms with Crippen LogP contribution in [-0.4, -0.2) is 13.6 Å². The summed E-state index contributed by atoms with van der Waals surface area (Å²) in [6, 6.07) is 3.89. The zero-order valence-corrected chi connectivity index (χ0v) is 9.23. The molecule has 2 nitrogen and oxygen atoms in total. The standard InChI is InChI=1S/C11H15ClN2/c1-8-6-9(4-3-5-14-2)7-10(12)11(8)13/h3-4,6-7,14H,5,13H2,1-2H3. The largest absolute Gasteiger partial charge is 0.397 e. The van der Waals surface area contributed by atoms with Crippen LogP contribution in [0.3, 0.4) is 0 Å². The lowest BCUT2D eigenvalue weighted by atomic mass is 10.1. The van der Waals surface area contributed by atoms with E-state index in [1.165, 1.54) is 0 Å². The van der Waals surface area contributed by atoms with Crippen molar-refractivity contribution < 1.29 is 0 Å². The first-order valence-corrected chi connectivity index (χ1v) is 4.89. The molecule has 0 aliphatic rings. The Morgan fingerprint density at radius 2 is 2.21 bits per heavy atom. The minimum Gasteiger partial charge on any atom is -0.397 e. The first-order valence-electron chi connectivity index (χ1n) is 4.52. The van der Waals surface area contributed by atoms with Crippen molar-refractivity contribution in [2.75, 3.05) is 19.3 Å². The smallest absolute Gasteiger partial charge is 0.0644 e. The van der Waals surface area contributed by atoms with Gasteiger partial charge in [-0.3, -0.25) is 0 Å². The first-order chi connectivity index (χ1) is 6.65. The molecule has 3 heteroatoms. The summed E-state index contributed by atoms with van der Waals surface area (Å²) in [4.78, 5) is 0. The number of likely N-dealkylation sites (N-methyl/N-ethyl adjacent to an activating group) is 1. The predicted molar refractivity (Wildman–Crippen MR) is 63.6 cm³/mol. The number of hydrogen-bond donors (Lipinski definition) is 2. The third-order valence-electron chi connectivity index (χ3n) is 1.99. The van der Waals surface area contributed by atoms with Gasteiger partial charge in [-0.1, -0.05) is 23.8 Å². The molecule has 14 heavy (non-hydrogen) atoms. The molecular weight excluding hydrogens is 196 g/mol. The van der Waals surface area contributed by atoms with Crippen LogP contribution in [0.5, 0.6) is 0 Å². The molecular formula is C11H15ClN2. The van der Waals surface area contributed by atoms with E-state index in [0.717, 1.165) is 17.7 Å². The van der Waals surface area contributed by atoms with E-state index in [-0.39, 0.29) is 0 Å². The molecule has 1 aromatic carbocycles. The molecule has 0 atom stereocenters. The van der Waals surface area contributed by atoms with Gasteiger partial charge in [0.2, 0.25) is 0 Å². The first kappa shape index (κ1) is 11.1. The number of benzene rings is 1. The van der Waals surface area contributed by atoms with E-state index in [2.05, 4.69) is 5.32 Å². The highest BCUT2D eigenvalue weighted by atomic mass is 35.5. The average molecular weight is 211 g/mol. The van der Waals surface area contributed by atoms with Crippen molar-refractivity contribution in [1.29, 1.82) is 0 Å². The molecule has 76 valence electrons. The second-order valence-corrected chi connectivity index (χ2v) is 3.60. The van der Waals surface area contributed by atoms with Crippen LogP contribution in [0.1, 0.15) is 11.1 Å². The van der Waals surface area contributed by atoms with Crippen LogP contribution in [0.15, 0.2) is 18.2 Å². The van der Waals surface area contributed by atoms with E-state index >= 15 is 0 Å². The molecule has 0 fully saturated rings. The Morgan fingerprint density at radius 1 is 1.50 bits per heavy atom. The number of hydrogen-bond acceptors (Lipinski definition) is 2. The summed E-state index contributed by atoms with van der Waals surface area (Å²) in [5.41, 5.74) is 8.50. The van der Waals surface area contributed by atoms with E-state index in [1.807, 2.05) is 38.3 Å². The summed E-state index contributed by atoms with van der Waals surface area (Å²) in [5.74, 6) is 0. The second-order valence-electron chi connectivity index (χ2n) is 3.19. The minimum absolute atomic E-state index is 0.620. The maximum Gasteiger partial charge on any atom is 0.0644 e. The molecule has 0 amide bonds. The third-order valence-corrected chi connectivity index (χ3v) is 2.30. The molecule has 0 spiro atoms. The summed E-state index contributed by atoms with van der Waals surface area (Å²) in [6.45, 7) is 2.80. The number of aryl methyl sites for hydroxylation is 1. The fraction of sp³-hybridized carbons (Fsp3) is 0.273. The number of nitrogen functional groups attached to an aromatic ring is 1. The molecule has 0 aliphatic carbocycles. The van der Waals surface area contributed by atoms with Crippen LogP contribution >= 0.6 is 11.6 Å². The fourth-order valence-electron chi connectivity index (χ4n) is 1.19. The third kappa shape index (κ3) is 2.76. The van der Waals surface area contributed by atoms with Gasteiger partial charge in [0.25, 0.3) is 0 Å². The van der Waals surface area contributed by atoms with Crippen LogP contribution in [0, 0.1) is 6.92 Å². The molecule has 1 aromatic rings. The van der Waals surface area contributed by atoms with Crippen molar-refractivity contribution in [3.8, 4) is 0 Å². The van der Waals surface area contributed by atoms with Crippen molar-refractivity contribution in [2.24, 2.45) is 0 Å². The highest BCUT2D eigenvalue weighted by Gasteiger charge is 2.00. The van der Waals surface area contributed by atoms with Crippen LogP contribution in [0.4, 0.5) is 5.69 Å². The summed E-state index contributed by atoms with van der Waals surface area (Å²) < 4.78 is 0. The van der Waals surface area contributed by atoms with E-state index in [0.29, 0.717) is 10.7 Å². The summed E-state index contributed by atoms with van der Waals surface area (Å²) in [5, 5.41) is 3.65. The number of nitrogens with two attached hydrogens (primary N) is 1. The van der Waals surface area contributed by atoms with Gasteiger partial charge in [-0.25, -0.2) is 0 Å². The topological polar surface area (TPSA) is 38.0 Å². The van der Waals surface area contributed by atoms with Crippen molar-refractivity contribution in [3.63, 3.8) is 0 Å². The Hall–Kier alpha value is -0.990. The number of halogens is 1. The van der Waals surface area contributed by atoms with Gasteiger partial charge >= 0.3 is 0 Å². The Kier molecular flexibility index (Phi) is 3.98. The van der Waals surface area contributed by atoms with Gasteiger partial charge in [0.05, 0.1) is 10.7 Å². The van der Waals surface area contributed by atoms with Gasteiger partial charge in [-0.05, 0) is 37.2 Å². The Morgan fingerprint density at radius 3 is 2.79 bits per heavy atom. The molecule has 0 saturated carbocycles. The van der Waals surface area contributed by atoms with Crippen molar-refractivity contribution in [2.45, 2.75) is 6.92 Å². The number of rotatable bonds is 3. The Balaban J connectivity index is 2.89. The maximum absolute atomic E-state index is 5.96. The lowest BCUT2D eigenvalue weighted by Gasteiger charge is -2.04. The van der Waals surface area contributed by atoms with Crippen LogP contribution < -0.4 is 11.1 Å². The van der Waals surface area contributed by atoms with E-state index in [1.54, 1.807) is 0 Å². The van der Waals surface area contributed by atoms with Gasteiger partial charge in [0, 0.05) is 6.54 Å². The molecule has 0 radical (unpaired) electrons. The number of anilines is 1. The Bertz CT molecular complexity index is 322. The average Bonchev–Trinajstić information content (AvgIpc) is 2.14. The number of nitrogens with one attached hydrogen (secondary N) is 1. The highest BCUT2D eigenvalue weighted by molar-refractivity contribution is 6.33. The zero-order chi connectivity index (χ0) is 10.6. The van der Waals surface area contributed by atoms with Gasteiger partial charge < -0.3 is 11.1 Å². The maximum atomic E-state index is 5.96. The molecule has 0 aliphatic heterocycles. The fourth-order valence-corrected chi connectivity index (χ4v) is 1.47. The van der Waals surface area contributed by atoms with Crippen molar-refractivity contribution in [1.82, 2.24) is 5.32 Å². The summed E-state index contributed by atoms with van der Waals surface area (Å²) >= 11 is 5.96. The minimum atomic E-state index is 0.620.